The summed E-state index contributed by atoms with van der Waals surface area (Å²) in [5.41, 5.74) is 14.0. The summed E-state index contributed by atoms with van der Waals surface area (Å²) in [6.07, 6.45) is 0. The van der Waals surface area contributed by atoms with Crippen LogP contribution in [0.3, 0.4) is 0 Å². The molecule has 0 saturated carbocycles. The van der Waals surface area contributed by atoms with Crippen LogP contribution in [0.5, 0.6) is 0 Å². The number of hydrogen-bond donors (Lipinski definition) is 3. The Labute approximate surface area is 162 Å². The Kier molecular flexibility index (Phi) is 3.87. The van der Waals surface area contributed by atoms with Crippen molar-refractivity contribution >= 4 is 44.3 Å². The van der Waals surface area contributed by atoms with Crippen LogP contribution in [0.4, 0.5) is 10.7 Å². The fraction of sp³-hybridized carbons (Fsp3) is 0.350. The number of H-pyrrole nitrogens is 1. The molecule has 140 valence electrons. The number of rotatable bonds is 2. The summed E-state index contributed by atoms with van der Waals surface area (Å²) in [7, 11) is 2.18. The number of thiophene rings is 1. The largest absolute Gasteiger partial charge is 0.398 e. The van der Waals surface area contributed by atoms with Crippen molar-refractivity contribution in [3.63, 3.8) is 0 Å². The maximum Gasteiger partial charge on any atom is 0.138 e. The van der Waals surface area contributed by atoms with Gasteiger partial charge in [-0.25, -0.2) is 4.98 Å². The van der Waals surface area contributed by atoms with E-state index in [4.69, 9.17) is 10.7 Å². The van der Waals surface area contributed by atoms with Crippen LogP contribution in [-0.4, -0.2) is 54.6 Å². The van der Waals surface area contributed by atoms with Gasteiger partial charge in [0.15, 0.2) is 0 Å². The number of fused-ring (bicyclic) bond motifs is 2. The molecule has 1 saturated heterocycles. The number of aryl methyl sites for hydroxylation is 1. The SMILES string of the molecule is Cc1csc2c1C(N)=C(c1nc3ccc(N4CCN(C)CC4)cc3[nH]1)CN2. The molecule has 5 rings (SSSR count). The average molecular weight is 381 g/mol. The van der Waals surface area contributed by atoms with Crippen LogP contribution in [0.25, 0.3) is 22.3 Å². The summed E-state index contributed by atoms with van der Waals surface area (Å²) in [6, 6.07) is 6.50. The molecule has 0 spiro atoms. The van der Waals surface area contributed by atoms with Crippen molar-refractivity contribution in [3.05, 3.63) is 40.5 Å². The van der Waals surface area contributed by atoms with Gasteiger partial charge in [-0.2, -0.15) is 0 Å². The van der Waals surface area contributed by atoms with Crippen molar-refractivity contribution in [2.45, 2.75) is 6.92 Å². The second-order valence-electron chi connectivity index (χ2n) is 7.45. The second kappa shape index (κ2) is 6.28. The summed E-state index contributed by atoms with van der Waals surface area (Å²) in [6.45, 7) is 7.13. The lowest BCUT2D eigenvalue weighted by Crippen LogP contribution is -2.44. The number of piperazine rings is 1. The van der Waals surface area contributed by atoms with Gasteiger partial charge < -0.3 is 25.8 Å². The van der Waals surface area contributed by atoms with Gasteiger partial charge in [0.25, 0.3) is 0 Å². The van der Waals surface area contributed by atoms with Crippen LogP contribution in [0.2, 0.25) is 0 Å². The Morgan fingerprint density at radius 2 is 2.00 bits per heavy atom. The van der Waals surface area contributed by atoms with E-state index in [0.717, 1.165) is 64.9 Å². The molecule has 7 heteroatoms. The summed E-state index contributed by atoms with van der Waals surface area (Å²) >= 11 is 1.71. The fourth-order valence-corrected chi connectivity index (χ4v) is 4.89. The van der Waals surface area contributed by atoms with Crippen LogP contribution >= 0.6 is 11.3 Å². The summed E-state index contributed by atoms with van der Waals surface area (Å²) in [4.78, 5) is 13.1. The first-order valence-electron chi connectivity index (χ1n) is 9.35. The van der Waals surface area contributed by atoms with Crippen molar-refractivity contribution in [2.24, 2.45) is 5.73 Å². The van der Waals surface area contributed by atoms with Crippen LogP contribution < -0.4 is 16.0 Å². The van der Waals surface area contributed by atoms with E-state index in [2.05, 4.69) is 57.7 Å². The topological polar surface area (TPSA) is 73.2 Å². The number of imidazole rings is 1. The lowest BCUT2D eigenvalue weighted by atomic mass is 10.0. The number of aromatic nitrogens is 2. The zero-order valence-electron chi connectivity index (χ0n) is 15.7. The van der Waals surface area contributed by atoms with Gasteiger partial charge in [-0.05, 0) is 43.1 Å². The van der Waals surface area contributed by atoms with Crippen LogP contribution in [0.15, 0.2) is 23.6 Å². The highest BCUT2D eigenvalue weighted by Crippen LogP contribution is 2.38. The average Bonchev–Trinajstić information content (AvgIpc) is 3.26. The second-order valence-corrected chi connectivity index (χ2v) is 8.33. The van der Waals surface area contributed by atoms with E-state index in [1.54, 1.807) is 11.3 Å². The third kappa shape index (κ3) is 2.78. The van der Waals surface area contributed by atoms with Gasteiger partial charge in [0.05, 0.1) is 21.7 Å². The molecular weight excluding hydrogens is 356 g/mol. The zero-order chi connectivity index (χ0) is 18.5. The van der Waals surface area contributed by atoms with Crippen LogP contribution in [0.1, 0.15) is 17.0 Å². The molecule has 4 N–H and O–H groups in total. The van der Waals surface area contributed by atoms with Gasteiger partial charge in [0.1, 0.15) is 5.82 Å². The first-order valence-corrected chi connectivity index (χ1v) is 10.2. The molecule has 2 aromatic heterocycles. The van der Waals surface area contributed by atoms with E-state index in [0.29, 0.717) is 6.54 Å². The van der Waals surface area contributed by atoms with Crippen molar-refractivity contribution in [2.75, 3.05) is 50.0 Å². The number of anilines is 2. The summed E-state index contributed by atoms with van der Waals surface area (Å²) in [5, 5.41) is 6.78. The van der Waals surface area contributed by atoms with E-state index >= 15 is 0 Å². The molecule has 0 atom stereocenters. The third-order valence-corrected chi connectivity index (χ3v) is 6.67. The molecule has 1 fully saturated rings. The standard InChI is InChI=1S/C20H24N6S/c1-12-11-27-20-17(12)18(21)14(10-22-20)19-23-15-4-3-13(9-16(15)24-19)26-7-5-25(2)6-8-26/h3-4,9,11,22H,5-8,10,21H2,1-2H3,(H,23,24). The van der Waals surface area contributed by atoms with Crippen molar-refractivity contribution in [1.82, 2.24) is 14.9 Å². The molecule has 27 heavy (non-hydrogen) atoms. The Morgan fingerprint density at radius 3 is 2.81 bits per heavy atom. The number of nitrogens with two attached hydrogens (primary N) is 1. The highest BCUT2D eigenvalue weighted by molar-refractivity contribution is 7.14. The number of nitrogens with zero attached hydrogens (tertiary/aromatic N) is 3. The minimum Gasteiger partial charge on any atom is -0.398 e. The molecule has 0 bridgehead atoms. The molecule has 0 unspecified atom stereocenters. The molecule has 6 nitrogen and oxygen atoms in total. The maximum atomic E-state index is 6.52. The molecule has 2 aliphatic rings. The van der Waals surface area contributed by atoms with Crippen LogP contribution in [-0.2, 0) is 0 Å². The Bertz CT molecular complexity index is 1040. The molecular formula is C20H24N6S. The van der Waals surface area contributed by atoms with E-state index < -0.39 is 0 Å². The minimum absolute atomic E-state index is 0.698. The lowest BCUT2D eigenvalue weighted by Gasteiger charge is -2.34. The quantitative estimate of drug-likeness (QED) is 0.637. The fourth-order valence-electron chi connectivity index (χ4n) is 3.94. The van der Waals surface area contributed by atoms with Gasteiger partial charge in [-0.1, -0.05) is 0 Å². The normalized spacial score (nSPS) is 18.1. The monoisotopic (exact) mass is 380 g/mol. The number of hydrogen-bond acceptors (Lipinski definition) is 6. The zero-order valence-corrected chi connectivity index (χ0v) is 16.5. The molecule has 0 radical (unpaired) electrons. The molecule has 2 aliphatic heterocycles. The predicted octanol–water partition coefficient (Wildman–Crippen LogP) is 2.94. The number of nitrogens with one attached hydrogen (secondary N) is 2. The molecule has 0 amide bonds. The number of benzene rings is 1. The van der Waals surface area contributed by atoms with Gasteiger partial charge in [-0.3, -0.25) is 0 Å². The van der Waals surface area contributed by atoms with Crippen LogP contribution in [0, 0.1) is 6.92 Å². The number of aromatic amines is 1. The summed E-state index contributed by atoms with van der Waals surface area (Å²) in [5.74, 6) is 0.863. The van der Waals surface area contributed by atoms with E-state index in [-0.39, 0.29) is 0 Å². The third-order valence-electron chi connectivity index (χ3n) is 5.61. The molecule has 4 heterocycles. The Hall–Kier alpha value is -2.51. The lowest BCUT2D eigenvalue weighted by molar-refractivity contribution is 0.313. The number of likely N-dealkylation sites (N-methyl/N-ethyl adjacent to an activating group) is 1. The van der Waals surface area contributed by atoms with Crippen molar-refractivity contribution in [1.29, 1.82) is 0 Å². The maximum absolute atomic E-state index is 6.52. The van der Waals surface area contributed by atoms with E-state index in [9.17, 15) is 0 Å². The smallest absolute Gasteiger partial charge is 0.138 e. The first-order chi connectivity index (χ1) is 13.1. The van der Waals surface area contributed by atoms with Gasteiger partial charge in [0, 0.05) is 49.5 Å². The van der Waals surface area contributed by atoms with Crippen molar-refractivity contribution in [3.8, 4) is 0 Å². The summed E-state index contributed by atoms with van der Waals surface area (Å²) < 4.78 is 0. The highest BCUT2D eigenvalue weighted by atomic mass is 32.1. The van der Waals surface area contributed by atoms with Crippen molar-refractivity contribution < 1.29 is 0 Å². The predicted molar refractivity (Wildman–Crippen MR) is 114 cm³/mol. The first kappa shape index (κ1) is 16.6. The molecule has 3 aromatic rings. The minimum atomic E-state index is 0.698. The van der Waals surface area contributed by atoms with Gasteiger partial charge in [-0.15, -0.1) is 11.3 Å². The van der Waals surface area contributed by atoms with Gasteiger partial charge >= 0.3 is 0 Å². The Balaban J connectivity index is 1.51. The molecule has 0 aliphatic carbocycles. The highest BCUT2D eigenvalue weighted by Gasteiger charge is 2.23. The van der Waals surface area contributed by atoms with Gasteiger partial charge in [0.2, 0.25) is 0 Å². The molecule has 1 aromatic carbocycles. The Morgan fingerprint density at radius 1 is 1.19 bits per heavy atom. The van der Waals surface area contributed by atoms with E-state index in [1.165, 1.54) is 11.3 Å². The van der Waals surface area contributed by atoms with E-state index in [1.807, 2.05) is 0 Å².